The van der Waals surface area contributed by atoms with E-state index in [-0.39, 0.29) is 0 Å². The molecular weight excluding hydrogens is 114 g/mol. The van der Waals surface area contributed by atoms with Crippen LogP contribution in [0, 0.1) is 0 Å². The van der Waals surface area contributed by atoms with Crippen LogP contribution in [0.25, 0.3) is 0 Å². The number of ether oxygens (including phenoxy) is 1. The molecule has 0 aromatic carbocycles. The number of allylic oxidation sites excluding steroid dienone is 2. The van der Waals surface area contributed by atoms with Crippen LogP contribution in [0.1, 0.15) is 6.92 Å². The van der Waals surface area contributed by atoms with Gasteiger partial charge in [0, 0.05) is 0 Å². The molecule has 0 unspecified atom stereocenters. The Kier molecular flexibility index (Phi) is 4.50. The Hall–Kier alpha value is -1.05. The van der Waals surface area contributed by atoms with Gasteiger partial charge in [-0.15, -0.1) is 0 Å². The summed E-state index contributed by atoms with van der Waals surface area (Å²) in [5.74, 6) is 0.521. The van der Waals surface area contributed by atoms with Crippen molar-refractivity contribution < 1.29 is 4.74 Å². The Bertz CT molecular complexity index is 127. The molecule has 0 saturated carbocycles. The summed E-state index contributed by atoms with van der Waals surface area (Å²) in [5.41, 5.74) is 0. The molecule has 0 saturated heterocycles. The van der Waals surface area contributed by atoms with Gasteiger partial charge in [0.25, 0.3) is 0 Å². The van der Waals surface area contributed by atoms with Gasteiger partial charge >= 0.3 is 0 Å². The lowest BCUT2D eigenvalue weighted by atomic mass is 10.6. The average Bonchev–Trinajstić information content (AvgIpc) is 1.88. The molecule has 0 N–H and O–H groups in total. The largest absolute Gasteiger partial charge is 0.478 e. The van der Waals surface area contributed by atoms with Gasteiger partial charge in [0.05, 0.1) is 6.61 Å². The highest BCUT2D eigenvalue weighted by atomic mass is 16.5. The van der Waals surface area contributed by atoms with Gasteiger partial charge in [-0.05, 0) is 19.7 Å². The quantitative estimate of drug-likeness (QED) is 0.318. The first-order chi connectivity index (χ1) is 4.35. The van der Waals surface area contributed by atoms with E-state index in [4.69, 9.17) is 4.74 Å². The minimum Gasteiger partial charge on any atom is -0.478 e. The zero-order valence-corrected chi connectivity index (χ0v) is 5.63. The summed E-state index contributed by atoms with van der Waals surface area (Å²) in [6, 6.07) is 0. The second-order valence-corrected chi connectivity index (χ2v) is 1.33. The third-order valence-electron chi connectivity index (χ3n) is 0.708. The lowest BCUT2D eigenvalue weighted by Gasteiger charge is -1.98. The maximum absolute atomic E-state index is 4.99. The van der Waals surface area contributed by atoms with E-state index < -0.39 is 0 Å². The topological polar surface area (TPSA) is 21.6 Å². The van der Waals surface area contributed by atoms with Crippen molar-refractivity contribution in [2.45, 2.75) is 6.92 Å². The van der Waals surface area contributed by atoms with Gasteiger partial charge in [-0.1, -0.05) is 12.7 Å². The lowest BCUT2D eigenvalue weighted by molar-refractivity contribution is 0.228. The molecule has 2 nitrogen and oxygen atoms in total. The van der Waals surface area contributed by atoms with Crippen molar-refractivity contribution in [1.82, 2.24) is 0 Å². The van der Waals surface area contributed by atoms with E-state index in [1.807, 2.05) is 6.92 Å². The third-order valence-corrected chi connectivity index (χ3v) is 0.708. The Morgan fingerprint density at radius 2 is 2.44 bits per heavy atom. The average molecular weight is 125 g/mol. The van der Waals surface area contributed by atoms with Crippen LogP contribution < -0.4 is 0 Å². The van der Waals surface area contributed by atoms with E-state index >= 15 is 0 Å². The molecule has 0 spiro atoms. The third kappa shape index (κ3) is 3.53. The van der Waals surface area contributed by atoms with Gasteiger partial charge in [0.1, 0.15) is 0 Å². The van der Waals surface area contributed by atoms with Crippen LogP contribution in [-0.4, -0.2) is 13.3 Å². The fourth-order valence-corrected chi connectivity index (χ4v) is 0.395. The highest BCUT2D eigenvalue weighted by molar-refractivity contribution is 5.28. The molecule has 0 amide bonds. The van der Waals surface area contributed by atoms with Crippen molar-refractivity contribution >= 4 is 6.72 Å². The second kappa shape index (κ2) is 5.09. The normalized spacial score (nSPS) is 10.6. The minimum atomic E-state index is 0.521. The highest BCUT2D eigenvalue weighted by Gasteiger charge is 1.84. The van der Waals surface area contributed by atoms with Crippen molar-refractivity contribution in [3.05, 3.63) is 24.6 Å². The molecule has 0 atom stereocenters. The summed E-state index contributed by atoms with van der Waals surface area (Å²) in [6.07, 6.45) is 3.27. The Morgan fingerprint density at radius 1 is 1.78 bits per heavy atom. The van der Waals surface area contributed by atoms with E-state index in [0.29, 0.717) is 12.5 Å². The van der Waals surface area contributed by atoms with Gasteiger partial charge in [-0.25, -0.2) is 4.99 Å². The van der Waals surface area contributed by atoms with Gasteiger partial charge in [-0.3, -0.25) is 0 Å². The second-order valence-electron chi connectivity index (χ2n) is 1.33. The Labute approximate surface area is 55.6 Å². The molecule has 0 aliphatic rings. The number of aliphatic imine (C=N–C) groups is 1. The fraction of sp³-hybridized carbons (Fsp3) is 0.286. The van der Waals surface area contributed by atoms with Crippen molar-refractivity contribution in [3.63, 3.8) is 0 Å². The predicted octanol–water partition coefficient (Wildman–Crippen LogP) is 1.75. The predicted molar refractivity (Wildman–Crippen MR) is 39.5 cm³/mol. The maximum atomic E-state index is 4.99. The Balaban J connectivity index is 3.80. The first kappa shape index (κ1) is 7.95. The smallest absolute Gasteiger partial charge is 0.212 e. The summed E-state index contributed by atoms with van der Waals surface area (Å²) in [4.78, 5) is 3.59. The van der Waals surface area contributed by atoms with E-state index in [9.17, 15) is 0 Å². The molecule has 2 heteroatoms. The molecule has 0 bridgehead atoms. The molecule has 50 valence electrons. The van der Waals surface area contributed by atoms with E-state index in [0.717, 1.165) is 0 Å². The van der Waals surface area contributed by atoms with Gasteiger partial charge in [-0.2, -0.15) is 0 Å². The van der Waals surface area contributed by atoms with Crippen molar-refractivity contribution in [2.75, 3.05) is 6.61 Å². The van der Waals surface area contributed by atoms with E-state index in [1.54, 1.807) is 12.2 Å². The first-order valence-corrected chi connectivity index (χ1v) is 2.77. The zero-order chi connectivity index (χ0) is 7.11. The molecule has 0 rings (SSSR count). The summed E-state index contributed by atoms with van der Waals surface area (Å²) < 4.78 is 4.99. The first-order valence-electron chi connectivity index (χ1n) is 2.77. The molecule has 0 aliphatic carbocycles. The van der Waals surface area contributed by atoms with Crippen molar-refractivity contribution in [3.8, 4) is 0 Å². The SMILES string of the molecule is C=C/C=C(\N=C)OCC. The van der Waals surface area contributed by atoms with E-state index in [2.05, 4.69) is 18.3 Å². The van der Waals surface area contributed by atoms with Crippen LogP contribution in [-0.2, 0) is 4.74 Å². The molecule has 0 heterocycles. The molecule has 0 aromatic heterocycles. The van der Waals surface area contributed by atoms with Gasteiger partial charge in [0.2, 0.25) is 5.88 Å². The van der Waals surface area contributed by atoms with E-state index in [1.165, 1.54) is 0 Å². The summed E-state index contributed by atoms with van der Waals surface area (Å²) in [5, 5.41) is 0. The standard InChI is InChI=1S/C7H11NO/c1-4-6-7(8-3)9-5-2/h4,6H,1,3,5H2,2H3/b7-6+. The Morgan fingerprint density at radius 3 is 2.78 bits per heavy atom. The molecule has 0 aliphatic heterocycles. The number of hydrogen-bond donors (Lipinski definition) is 0. The van der Waals surface area contributed by atoms with Crippen LogP contribution in [0.4, 0.5) is 0 Å². The monoisotopic (exact) mass is 125 g/mol. The highest BCUT2D eigenvalue weighted by Crippen LogP contribution is 1.96. The zero-order valence-electron chi connectivity index (χ0n) is 5.63. The van der Waals surface area contributed by atoms with Crippen LogP contribution in [0.5, 0.6) is 0 Å². The molecular formula is C7H11NO. The van der Waals surface area contributed by atoms with Crippen molar-refractivity contribution in [1.29, 1.82) is 0 Å². The number of hydrogen-bond acceptors (Lipinski definition) is 2. The minimum absolute atomic E-state index is 0.521. The van der Waals surface area contributed by atoms with Crippen molar-refractivity contribution in [2.24, 2.45) is 4.99 Å². The van der Waals surface area contributed by atoms with Gasteiger partial charge in [0.15, 0.2) is 0 Å². The number of nitrogens with zero attached hydrogens (tertiary/aromatic N) is 1. The summed E-state index contributed by atoms with van der Waals surface area (Å²) >= 11 is 0. The van der Waals surface area contributed by atoms with Crippen LogP contribution in [0.15, 0.2) is 29.6 Å². The molecule has 9 heavy (non-hydrogen) atoms. The van der Waals surface area contributed by atoms with Crippen LogP contribution >= 0.6 is 0 Å². The maximum Gasteiger partial charge on any atom is 0.212 e. The molecule has 0 fully saturated rings. The fourth-order valence-electron chi connectivity index (χ4n) is 0.395. The van der Waals surface area contributed by atoms with Crippen LogP contribution in [0.3, 0.4) is 0 Å². The lowest BCUT2D eigenvalue weighted by Crippen LogP contribution is -1.86. The summed E-state index contributed by atoms with van der Waals surface area (Å²) in [7, 11) is 0. The number of rotatable bonds is 4. The summed E-state index contributed by atoms with van der Waals surface area (Å²) in [6.45, 7) is 9.29. The molecule has 0 aromatic rings. The molecule has 0 radical (unpaired) electrons. The van der Waals surface area contributed by atoms with Crippen LogP contribution in [0.2, 0.25) is 0 Å². The van der Waals surface area contributed by atoms with Gasteiger partial charge < -0.3 is 4.74 Å².